The molecule has 0 amide bonds. The quantitative estimate of drug-likeness (QED) is 0.559. The van der Waals surface area contributed by atoms with Crippen LogP contribution in [0.2, 0.25) is 10.0 Å². The van der Waals surface area contributed by atoms with Crippen LogP contribution in [-0.2, 0) is 6.42 Å². The highest BCUT2D eigenvalue weighted by atomic mass is 79.9. The highest BCUT2D eigenvalue weighted by Gasteiger charge is 2.10. The van der Waals surface area contributed by atoms with Crippen molar-refractivity contribution in [3.63, 3.8) is 0 Å². The fourth-order valence-electron chi connectivity index (χ4n) is 1.65. The van der Waals surface area contributed by atoms with Crippen LogP contribution >= 0.6 is 55.1 Å². The zero-order valence-corrected chi connectivity index (χ0v) is 14.3. The summed E-state index contributed by atoms with van der Waals surface area (Å²) in [5.41, 5.74) is 1.49. The number of carbonyl (C=O) groups excluding carboxylic acids is 1. The Bertz CT molecular complexity index is 621. The van der Waals surface area contributed by atoms with Gasteiger partial charge in [0.2, 0.25) is 0 Å². The van der Waals surface area contributed by atoms with Crippen LogP contribution in [0.1, 0.15) is 15.9 Å². The standard InChI is InChI=1S/C14H8Br2Cl2O/c15-10-5-9(6-11(16)7-10)14(19)4-8-1-2-12(17)13(18)3-8/h1-3,5-7H,4H2. The molecule has 0 spiro atoms. The topological polar surface area (TPSA) is 17.1 Å². The van der Waals surface area contributed by atoms with Crippen LogP contribution in [0.15, 0.2) is 45.3 Å². The zero-order chi connectivity index (χ0) is 14.0. The Balaban J connectivity index is 2.22. The average molecular weight is 423 g/mol. The molecule has 0 saturated carbocycles. The first-order chi connectivity index (χ1) is 8.95. The summed E-state index contributed by atoms with van der Waals surface area (Å²) in [6.07, 6.45) is 0.291. The van der Waals surface area contributed by atoms with Crippen molar-refractivity contribution >= 4 is 60.8 Å². The van der Waals surface area contributed by atoms with Crippen molar-refractivity contribution in [1.82, 2.24) is 0 Å². The van der Waals surface area contributed by atoms with Crippen molar-refractivity contribution in [2.75, 3.05) is 0 Å². The molecule has 98 valence electrons. The van der Waals surface area contributed by atoms with Gasteiger partial charge in [-0.15, -0.1) is 0 Å². The molecule has 2 aromatic rings. The molecule has 5 heteroatoms. The lowest BCUT2D eigenvalue weighted by Crippen LogP contribution is -2.03. The smallest absolute Gasteiger partial charge is 0.167 e. The molecule has 0 aliphatic rings. The van der Waals surface area contributed by atoms with E-state index in [1.807, 2.05) is 6.07 Å². The van der Waals surface area contributed by atoms with E-state index in [0.717, 1.165) is 14.5 Å². The molecule has 0 aromatic heterocycles. The predicted molar refractivity (Wildman–Crippen MR) is 86.3 cm³/mol. The second-order valence-electron chi connectivity index (χ2n) is 4.01. The first-order valence-electron chi connectivity index (χ1n) is 5.39. The van der Waals surface area contributed by atoms with E-state index in [1.165, 1.54) is 0 Å². The van der Waals surface area contributed by atoms with Gasteiger partial charge in [0, 0.05) is 20.9 Å². The highest BCUT2D eigenvalue weighted by molar-refractivity contribution is 9.11. The summed E-state index contributed by atoms with van der Waals surface area (Å²) >= 11 is 18.5. The fraction of sp³-hybridized carbons (Fsp3) is 0.0714. The summed E-state index contributed by atoms with van der Waals surface area (Å²) < 4.78 is 1.72. The van der Waals surface area contributed by atoms with Gasteiger partial charge in [0.25, 0.3) is 0 Å². The Morgan fingerprint density at radius 3 is 2.16 bits per heavy atom. The fourth-order valence-corrected chi connectivity index (χ4v) is 3.27. The number of benzene rings is 2. The Labute approximate surface area is 138 Å². The van der Waals surface area contributed by atoms with Crippen molar-refractivity contribution in [1.29, 1.82) is 0 Å². The van der Waals surface area contributed by atoms with Gasteiger partial charge in [-0.2, -0.15) is 0 Å². The number of hydrogen-bond acceptors (Lipinski definition) is 1. The van der Waals surface area contributed by atoms with E-state index in [4.69, 9.17) is 23.2 Å². The molecule has 0 unspecified atom stereocenters. The van der Waals surface area contributed by atoms with Gasteiger partial charge < -0.3 is 0 Å². The van der Waals surface area contributed by atoms with Crippen LogP contribution in [0.25, 0.3) is 0 Å². The summed E-state index contributed by atoms with van der Waals surface area (Å²) in [6, 6.07) is 10.7. The number of carbonyl (C=O) groups is 1. The SMILES string of the molecule is O=C(Cc1ccc(Cl)c(Cl)c1)c1cc(Br)cc(Br)c1. The van der Waals surface area contributed by atoms with Crippen LogP contribution in [0, 0.1) is 0 Å². The summed E-state index contributed by atoms with van der Waals surface area (Å²) in [6.45, 7) is 0. The summed E-state index contributed by atoms with van der Waals surface area (Å²) in [5.74, 6) is 0.0281. The average Bonchev–Trinajstić information content (AvgIpc) is 2.32. The molecular formula is C14H8Br2Cl2O. The maximum Gasteiger partial charge on any atom is 0.167 e. The summed E-state index contributed by atoms with van der Waals surface area (Å²) in [4.78, 5) is 12.2. The van der Waals surface area contributed by atoms with Crippen LogP contribution < -0.4 is 0 Å². The Morgan fingerprint density at radius 2 is 1.58 bits per heavy atom. The molecule has 0 fully saturated rings. The van der Waals surface area contributed by atoms with Gasteiger partial charge in [0.05, 0.1) is 10.0 Å². The summed E-state index contributed by atoms with van der Waals surface area (Å²) in [7, 11) is 0. The molecule has 0 atom stereocenters. The molecule has 0 aliphatic heterocycles. The minimum Gasteiger partial charge on any atom is -0.294 e. The lowest BCUT2D eigenvalue weighted by atomic mass is 10.0. The van der Waals surface area contributed by atoms with Crippen molar-refractivity contribution in [3.8, 4) is 0 Å². The lowest BCUT2D eigenvalue weighted by Gasteiger charge is -2.05. The van der Waals surface area contributed by atoms with E-state index in [1.54, 1.807) is 30.3 Å². The van der Waals surface area contributed by atoms with Crippen LogP contribution in [-0.4, -0.2) is 5.78 Å². The highest BCUT2D eigenvalue weighted by Crippen LogP contribution is 2.24. The van der Waals surface area contributed by atoms with E-state index < -0.39 is 0 Å². The van der Waals surface area contributed by atoms with Crippen molar-refractivity contribution < 1.29 is 4.79 Å². The minimum atomic E-state index is 0.0281. The Kier molecular flexibility index (Phi) is 5.07. The second kappa shape index (κ2) is 6.40. The number of hydrogen-bond donors (Lipinski definition) is 0. The molecule has 0 aliphatic carbocycles. The van der Waals surface area contributed by atoms with Crippen LogP contribution in [0.5, 0.6) is 0 Å². The van der Waals surface area contributed by atoms with E-state index in [9.17, 15) is 4.79 Å². The number of halogens is 4. The molecule has 19 heavy (non-hydrogen) atoms. The summed E-state index contributed by atoms with van der Waals surface area (Å²) in [5, 5.41) is 0.949. The van der Waals surface area contributed by atoms with Gasteiger partial charge in [-0.3, -0.25) is 4.79 Å². The van der Waals surface area contributed by atoms with Gasteiger partial charge >= 0.3 is 0 Å². The van der Waals surface area contributed by atoms with Crippen molar-refractivity contribution in [2.45, 2.75) is 6.42 Å². The van der Waals surface area contributed by atoms with E-state index in [-0.39, 0.29) is 5.78 Å². The van der Waals surface area contributed by atoms with Gasteiger partial charge in [-0.05, 0) is 35.9 Å². The van der Waals surface area contributed by atoms with Gasteiger partial charge in [-0.25, -0.2) is 0 Å². The van der Waals surface area contributed by atoms with Gasteiger partial charge in [-0.1, -0.05) is 61.1 Å². The number of ketones is 1. The number of Topliss-reactive ketones (excluding diaryl/α,β-unsaturated/α-hetero) is 1. The molecule has 0 heterocycles. The maximum absolute atomic E-state index is 12.2. The molecule has 0 radical (unpaired) electrons. The van der Waals surface area contributed by atoms with Gasteiger partial charge in [0.15, 0.2) is 5.78 Å². The largest absolute Gasteiger partial charge is 0.294 e. The monoisotopic (exact) mass is 420 g/mol. The second-order valence-corrected chi connectivity index (χ2v) is 6.65. The van der Waals surface area contributed by atoms with Crippen LogP contribution in [0.3, 0.4) is 0 Å². The normalized spacial score (nSPS) is 10.5. The first kappa shape index (κ1) is 15.0. The molecule has 1 nitrogen and oxygen atoms in total. The van der Waals surface area contributed by atoms with E-state index in [0.29, 0.717) is 22.0 Å². The first-order valence-corrected chi connectivity index (χ1v) is 7.73. The Morgan fingerprint density at radius 1 is 0.947 bits per heavy atom. The molecule has 0 N–H and O–H groups in total. The molecular weight excluding hydrogens is 415 g/mol. The van der Waals surface area contributed by atoms with E-state index in [2.05, 4.69) is 31.9 Å². The predicted octanol–water partition coefficient (Wildman–Crippen LogP) is 5.94. The lowest BCUT2D eigenvalue weighted by molar-refractivity contribution is 0.0993. The molecule has 2 aromatic carbocycles. The third kappa shape index (κ3) is 4.06. The third-order valence-electron chi connectivity index (χ3n) is 2.53. The number of rotatable bonds is 3. The van der Waals surface area contributed by atoms with Crippen LogP contribution in [0.4, 0.5) is 0 Å². The Hall–Kier alpha value is -0.350. The maximum atomic E-state index is 12.2. The van der Waals surface area contributed by atoms with Crippen molar-refractivity contribution in [3.05, 3.63) is 66.5 Å². The molecule has 0 saturated heterocycles. The van der Waals surface area contributed by atoms with Gasteiger partial charge in [0.1, 0.15) is 0 Å². The zero-order valence-electron chi connectivity index (χ0n) is 9.59. The third-order valence-corrected chi connectivity index (χ3v) is 4.19. The minimum absolute atomic E-state index is 0.0281. The van der Waals surface area contributed by atoms with Crippen molar-refractivity contribution in [2.24, 2.45) is 0 Å². The molecule has 0 bridgehead atoms. The molecule has 2 rings (SSSR count). The van der Waals surface area contributed by atoms with E-state index >= 15 is 0 Å².